The first kappa shape index (κ1) is 53.4. The first-order valence-electron chi connectivity index (χ1n) is 25.2. The van der Waals surface area contributed by atoms with Crippen molar-refractivity contribution in [3.8, 4) is 34.3 Å². The number of fused-ring (bicyclic) bond motifs is 2. The lowest BCUT2D eigenvalue weighted by atomic mass is 9.91. The number of nitrogens with zero attached hydrogens (tertiary/aromatic N) is 10. The van der Waals surface area contributed by atoms with Crippen LogP contribution in [0.3, 0.4) is 0 Å². The Labute approximate surface area is 433 Å². The second-order valence-corrected chi connectivity index (χ2v) is 22.5. The van der Waals surface area contributed by atoms with Crippen LogP contribution < -0.4 is 35.0 Å². The van der Waals surface area contributed by atoms with Crippen molar-refractivity contribution >= 4 is 67.7 Å². The van der Waals surface area contributed by atoms with E-state index in [-0.39, 0.29) is 16.7 Å². The number of anilines is 3. The van der Waals surface area contributed by atoms with Crippen molar-refractivity contribution in [3.05, 3.63) is 97.3 Å². The fourth-order valence-electron chi connectivity index (χ4n) is 8.63. The van der Waals surface area contributed by atoms with Crippen LogP contribution in [-0.4, -0.2) is 85.9 Å². The van der Waals surface area contributed by atoms with Crippen LogP contribution in [0.4, 0.5) is 15.7 Å². The first-order valence-corrected chi connectivity index (χ1v) is 26.8. The highest BCUT2D eigenvalue weighted by molar-refractivity contribution is 7.17. The molecular formula is C56H73N11O3S2. The fraction of sp³-hybridized carbons (Fsp3) is 0.446. The predicted molar refractivity (Wildman–Crippen MR) is 299 cm³/mol. The molecule has 14 nitrogen and oxygen atoms in total. The molecule has 6 aromatic heterocycles. The van der Waals surface area contributed by atoms with Crippen LogP contribution in [0.5, 0.6) is 11.5 Å². The summed E-state index contributed by atoms with van der Waals surface area (Å²) in [5, 5.41) is 26.6. The summed E-state index contributed by atoms with van der Waals surface area (Å²) in [6, 6.07) is 18.7. The Hall–Kier alpha value is -6.39. The minimum atomic E-state index is -0.190. The minimum absolute atomic E-state index is 0.132. The number of rotatable bonds is 17. The van der Waals surface area contributed by atoms with Crippen molar-refractivity contribution in [1.29, 1.82) is 0 Å². The normalized spacial score (nSPS) is 12.5. The van der Waals surface area contributed by atoms with Gasteiger partial charge in [0.25, 0.3) is 0 Å². The highest BCUT2D eigenvalue weighted by Gasteiger charge is 2.27. The maximum Gasteiger partial charge on any atom is 0.221 e. The monoisotopic (exact) mass is 1010 g/mol. The zero-order valence-corrected chi connectivity index (χ0v) is 46.7. The fourth-order valence-corrected chi connectivity index (χ4v) is 10.7. The molecule has 8 rings (SSSR count). The Kier molecular flexibility index (Phi) is 16.7. The van der Waals surface area contributed by atoms with Crippen LogP contribution in [0.15, 0.2) is 54.6 Å². The van der Waals surface area contributed by atoms with E-state index in [0.717, 1.165) is 81.0 Å². The second kappa shape index (κ2) is 22.6. The Morgan fingerprint density at radius 3 is 1.58 bits per heavy atom. The maximum absolute atomic E-state index is 11.8. The average Bonchev–Trinajstić information content (AvgIpc) is 4.19. The van der Waals surface area contributed by atoms with Crippen LogP contribution in [0.25, 0.3) is 46.2 Å². The van der Waals surface area contributed by atoms with Crippen molar-refractivity contribution < 1.29 is 14.3 Å². The molecule has 1 N–H and O–H groups in total. The summed E-state index contributed by atoms with van der Waals surface area (Å²) in [6.45, 7) is 31.5. The summed E-state index contributed by atoms with van der Waals surface area (Å²) in [5.74, 6) is 2.24. The highest BCUT2D eigenvalue weighted by Crippen LogP contribution is 2.37. The average molecular weight is 1010 g/mol. The van der Waals surface area contributed by atoms with Gasteiger partial charge in [-0.1, -0.05) is 74.3 Å². The molecule has 0 spiro atoms. The number of carbonyl (C=O) groups is 1. The van der Waals surface area contributed by atoms with Crippen molar-refractivity contribution in [1.82, 2.24) is 39.6 Å². The van der Waals surface area contributed by atoms with E-state index in [1.54, 1.807) is 34.8 Å². The molecule has 0 aliphatic carbocycles. The van der Waals surface area contributed by atoms with Gasteiger partial charge in [0.05, 0.1) is 52.4 Å². The van der Waals surface area contributed by atoms with Gasteiger partial charge in [0, 0.05) is 64.1 Å². The Bertz CT molecular complexity index is 3260. The molecule has 6 heterocycles. The van der Waals surface area contributed by atoms with Crippen molar-refractivity contribution in [2.24, 2.45) is 0 Å². The first-order chi connectivity index (χ1) is 34.3. The molecule has 0 atom stereocenters. The van der Waals surface area contributed by atoms with Gasteiger partial charge in [0.1, 0.15) is 5.75 Å². The largest absolute Gasteiger partial charge is 0.496 e. The number of aromatic nitrogens is 8. The SMILES string of the molecule is CCCCN(CC)c1ccc(/C=c2/c(C(C)(C)C)nn3nc(-c4cc(C)cc(NC(C)=O)c4OC)nc23)s1.CCCCN(CC)c1ccc(/C=c2/c(C(C)(C)C)nn3nc(-c4ccc(C)cc4OC)nc23)s1. The number of hydrogen-bond acceptors (Lipinski definition) is 13. The summed E-state index contributed by atoms with van der Waals surface area (Å²) >= 11 is 3.60. The van der Waals surface area contributed by atoms with Gasteiger partial charge >= 0.3 is 0 Å². The molecule has 0 saturated carbocycles. The number of amides is 1. The van der Waals surface area contributed by atoms with Crippen molar-refractivity contribution in [3.63, 3.8) is 0 Å². The molecule has 1 amide bonds. The number of hydrogen-bond donors (Lipinski definition) is 1. The molecular weight excluding hydrogens is 939 g/mol. The van der Waals surface area contributed by atoms with Gasteiger partial charge in [-0.05, 0) is 112 Å². The number of thiophene rings is 2. The number of aryl methyl sites for hydroxylation is 2. The maximum atomic E-state index is 11.8. The van der Waals surface area contributed by atoms with E-state index in [2.05, 4.69) is 127 Å². The molecule has 16 heteroatoms. The summed E-state index contributed by atoms with van der Waals surface area (Å²) in [6.07, 6.45) is 9.17. The number of methoxy groups -OCH3 is 2. The molecule has 72 heavy (non-hydrogen) atoms. The summed E-state index contributed by atoms with van der Waals surface area (Å²) in [5.41, 5.74) is 7.36. The van der Waals surface area contributed by atoms with Crippen LogP contribution >= 0.6 is 22.7 Å². The smallest absolute Gasteiger partial charge is 0.221 e. The van der Waals surface area contributed by atoms with E-state index in [9.17, 15) is 4.79 Å². The molecule has 0 unspecified atom stereocenters. The molecule has 0 saturated heterocycles. The third-order valence-electron chi connectivity index (χ3n) is 12.3. The molecule has 0 radical (unpaired) electrons. The van der Waals surface area contributed by atoms with Gasteiger partial charge in [-0.25, -0.2) is 9.97 Å². The van der Waals surface area contributed by atoms with Gasteiger partial charge in [-0.15, -0.1) is 42.1 Å². The number of unbranched alkanes of at least 4 members (excludes halogenated alkanes) is 2. The molecule has 0 aliphatic heterocycles. The Morgan fingerprint density at radius 1 is 0.653 bits per heavy atom. The molecule has 8 aromatic rings. The lowest BCUT2D eigenvalue weighted by Crippen LogP contribution is -2.22. The summed E-state index contributed by atoms with van der Waals surface area (Å²) < 4.78 is 14.6. The highest BCUT2D eigenvalue weighted by atomic mass is 32.1. The number of ether oxygens (including phenoxy) is 2. The van der Waals surface area contributed by atoms with Gasteiger partial charge in [-0.2, -0.15) is 10.2 Å². The Balaban J connectivity index is 0.000000213. The lowest BCUT2D eigenvalue weighted by Gasteiger charge is -2.20. The Morgan fingerprint density at radius 2 is 1.15 bits per heavy atom. The third-order valence-corrected chi connectivity index (χ3v) is 14.5. The zero-order valence-electron chi connectivity index (χ0n) is 45.0. The predicted octanol–water partition coefficient (Wildman–Crippen LogP) is 11.2. The van der Waals surface area contributed by atoms with Gasteiger partial charge in [-0.3, -0.25) is 4.79 Å². The standard InChI is InChI=1S/C29H38N6O2S.C27H35N5OS/c1-9-11-14-34(10-2)24-13-12-20(38-24)17-22-26(29(5,6)7)32-35-28(22)31-27(33-35)21-15-18(3)16-23(25(21)37-8)30-19(4)36;1-8-10-15-31(9-2)23-14-12-19(34-23)17-21-24(27(4,5)6)29-32-26(21)28-25(30-32)20-13-11-18(3)16-22(20)33-7/h12-13,15-17H,9-11,14H2,1-8H3,(H,30,36);11-14,16-17H,8-10,15H2,1-7H3/b22-17-;21-17-. The van der Waals surface area contributed by atoms with Gasteiger partial charge in [0.15, 0.2) is 28.7 Å². The number of nitrogens with one attached hydrogen (secondary N) is 1. The summed E-state index contributed by atoms with van der Waals surface area (Å²) in [7, 11) is 3.26. The quantitative estimate of drug-likeness (QED) is 0.0932. The minimum Gasteiger partial charge on any atom is -0.496 e. The number of carbonyl (C=O) groups excluding carboxylic acids is 1. The van der Waals surface area contributed by atoms with E-state index >= 15 is 0 Å². The molecule has 382 valence electrons. The van der Waals surface area contributed by atoms with E-state index < -0.39 is 0 Å². The van der Waals surface area contributed by atoms with Gasteiger partial charge < -0.3 is 24.6 Å². The van der Waals surface area contributed by atoms with Crippen LogP contribution in [0.1, 0.15) is 134 Å². The van der Waals surface area contributed by atoms with E-state index in [1.165, 1.54) is 47.5 Å². The number of benzene rings is 2. The molecule has 0 aliphatic rings. The zero-order chi connectivity index (χ0) is 52.1. The lowest BCUT2D eigenvalue weighted by molar-refractivity contribution is -0.114. The van der Waals surface area contributed by atoms with Gasteiger partial charge in [0.2, 0.25) is 5.91 Å². The van der Waals surface area contributed by atoms with E-state index in [0.29, 0.717) is 34.3 Å². The van der Waals surface area contributed by atoms with Crippen LogP contribution in [0, 0.1) is 13.8 Å². The summed E-state index contributed by atoms with van der Waals surface area (Å²) in [4.78, 5) is 28.9. The third kappa shape index (κ3) is 11.9. The van der Waals surface area contributed by atoms with Crippen molar-refractivity contribution in [2.45, 2.75) is 127 Å². The van der Waals surface area contributed by atoms with E-state index in [4.69, 9.17) is 39.8 Å². The topological polar surface area (TPSA) is 140 Å². The van der Waals surface area contributed by atoms with Crippen LogP contribution in [-0.2, 0) is 15.6 Å². The molecule has 2 aromatic carbocycles. The molecule has 0 fully saturated rings. The van der Waals surface area contributed by atoms with E-state index in [1.807, 2.05) is 49.4 Å². The molecule has 0 bridgehead atoms. The van der Waals surface area contributed by atoms with Crippen molar-refractivity contribution in [2.75, 3.05) is 55.5 Å². The second-order valence-electron chi connectivity index (χ2n) is 20.3. The van der Waals surface area contributed by atoms with Crippen LogP contribution in [0.2, 0.25) is 0 Å².